The minimum Gasteiger partial charge on any atom is -0.406 e. The number of nitrogens with one attached hydrogen (secondary N) is 1. The van der Waals surface area contributed by atoms with Crippen LogP contribution in [0.5, 0.6) is 0 Å². The van der Waals surface area contributed by atoms with Crippen LogP contribution in [0, 0.1) is 5.92 Å². The Morgan fingerprint density at radius 3 is 2.46 bits per heavy atom. The lowest BCUT2D eigenvalue weighted by molar-refractivity contribution is -0.125. The van der Waals surface area contributed by atoms with Crippen molar-refractivity contribution in [2.75, 3.05) is 18.0 Å². The van der Waals surface area contributed by atoms with Crippen LogP contribution in [0.25, 0.3) is 0 Å². The van der Waals surface area contributed by atoms with Gasteiger partial charge in [0.05, 0.1) is 0 Å². The molecule has 0 radical (unpaired) electrons. The summed E-state index contributed by atoms with van der Waals surface area (Å²) in [6.45, 7) is 1.92. The summed E-state index contributed by atoms with van der Waals surface area (Å²) in [4.78, 5) is 14.9. The number of hydrogen-bond acceptors (Lipinski definition) is 5. The molecule has 6 nitrogen and oxygen atoms in total. The first-order valence-electron chi connectivity index (χ1n) is 10.7. The molecule has 2 fully saturated rings. The molecule has 1 atom stereocenters. The van der Waals surface area contributed by atoms with Crippen molar-refractivity contribution in [2.24, 2.45) is 5.92 Å². The molecule has 2 aromatic rings. The average molecular weight is 383 g/mol. The third kappa shape index (κ3) is 4.72. The molecular weight excluding hydrogens is 352 g/mol. The highest BCUT2D eigenvalue weighted by atomic mass is 16.4. The van der Waals surface area contributed by atoms with Crippen LogP contribution in [0.4, 0.5) is 6.01 Å². The predicted molar refractivity (Wildman–Crippen MR) is 108 cm³/mol. The van der Waals surface area contributed by atoms with E-state index in [4.69, 9.17) is 4.42 Å². The Balaban J connectivity index is 1.51. The number of rotatable bonds is 6. The van der Waals surface area contributed by atoms with Gasteiger partial charge in [0.2, 0.25) is 11.8 Å². The molecule has 1 aliphatic carbocycles. The van der Waals surface area contributed by atoms with Gasteiger partial charge in [-0.25, -0.2) is 0 Å². The van der Waals surface area contributed by atoms with E-state index in [1.165, 1.54) is 12.8 Å². The summed E-state index contributed by atoms with van der Waals surface area (Å²) in [6, 6.07) is 10.5. The molecule has 6 heteroatoms. The Labute approximate surface area is 166 Å². The largest absolute Gasteiger partial charge is 0.406 e. The third-order valence-corrected chi connectivity index (χ3v) is 5.93. The van der Waals surface area contributed by atoms with E-state index in [0.717, 1.165) is 57.2 Å². The van der Waals surface area contributed by atoms with Gasteiger partial charge in [-0.15, -0.1) is 5.10 Å². The van der Waals surface area contributed by atoms with E-state index in [9.17, 15) is 4.79 Å². The van der Waals surface area contributed by atoms with Crippen molar-refractivity contribution in [3.05, 3.63) is 41.8 Å². The Morgan fingerprint density at radius 1 is 1.04 bits per heavy atom. The topological polar surface area (TPSA) is 71.3 Å². The molecule has 0 bridgehead atoms. The van der Waals surface area contributed by atoms with Crippen LogP contribution in [-0.2, 0) is 11.2 Å². The van der Waals surface area contributed by atoms with Gasteiger partial charge < -0.3 is 14.6 Å². The van der Waals surface area contributed by atoms with Crippen molar-refractivity contribution in [1.29, 1.82) is 0 Å². The average Bonchev–Trinajstić information content (AvgIpc) is 3.36. The van der Waals surface area contributed by atoms with Gasteiger partial charge in [0, 0.05) is 25.4 Å². The summed E-state index contributed by atoms with van der Waals surface area (Å²) < 4.78 is 6.07. The minimum atomic E-state index is -0.288. The Hall–Kier alpha value is -2.37. The SMILES string of the molecule is O=C(N[C@H](Cc1ccccc1)c1nnc(N2CCCCCC2)o1)C1CCCC1. The zero-order valence-electron chi connectivity index (χ0n) is 16.5. The van der Waals surface area contributed by atoms with E-state index in [1.54, 1.807) is 0 Å². The van der Waals surface area contributed by atoms with Crippen molar-refractivity contribution < 1.29 is 9.21 Å². The molecule has 1 saturated heterocycles. The summed E-state index contributed by atoms with van der Waals surface area (Å²) in [7, 11) is 0. The lowest BCUT2D eigenvalue weighted by Crippen LogP contribution is -2.34. The van der Waals surface area contributed by atoms with E-state index in [0.29, 0.717) is 18.3 Å². The van der Waals surface area contributed by atoms with Crippen LogP contribution in [0.15, 0.2) is 34.7 Å². The van der Waals surface area contributed by atoms with Crippen LogP contribution in [0.3, 0.4) is 0 Å². The quantitative estimate of drug-likeness (QED) is 0.816. The Bertz CT molecular complexity index is 747. The number of nitrogens with zero attached hydrogens (tertiary/aromatic N) is 3. The van der Waals surface area contributed by atoms with Gasteiger partial charge in [-0.05, 0) is 31.2 Å². The predicted octanol–water partition coefficient (Wildman–Crippen LogP) is 4.04. The number of benzene rings is 1. The fraction of sp³-hybridized carbons (Fsp3) is 0.591. The molecule has 28 heavy (non-hydrogen) atoms. The Morgan fingerprint density at radius 2 is 1.75 bits per heavy atom. The van der Waals surface area contributed by atoms with Gasteiger partial charge in [0.25, 0.3) is 0 Å². The number of carbonyl (C=O) groups is 1. The number of carbonyl (C=O) groups excluding carboxylic acids is 1. The number of aromatic nitrogens is 2. The number of amides is 1. The lowest BCUT2D eigenvalue weighted by Gasteiger charge is -2.19. The maximum atomic E-state index is 12.8. The summed E-state index contributed by atoms with van der Waals surface area (Å²) >= 11 is 0. The summed E-state index contributed by atoms with van der Waals surface area (Å²) in [6.07, 6.45) is 9.72. The second-order valence-corrected chi connectivity index (χ2v) is 8.06. The van der Waals surface area contributed by atoms with E-state index in [-0.39, 0.29) is 17.9 Å². The van der Waals surface area contributed by atoms with Gasteiger partial charge in [-0.3, -0.25) is 4.79 Å². The maximum absolute atomic E-state index is 12.8. The minimum absolute atomic E-state index is 0.117. The van der Waals surface area contributed by atoms with Crippen molar-refractivity contribution in [2.45, 2.75) is 63.8 Å². The van der Waals surface area contributed by atoms with Crippen molar-refractivity contribution in [3.63, 3.8) is 0 Å². The van der Waals surface area contributed by atoms with Gasteiger partial charge in [-0.2, -0.15) is 0 Å². The van der Waals surface area contributed by atoms with Crippen LogP contribution in [0.1, 0.15) is 68.9 Å². The normalized spacial score (nSPS) is 19.4. The zero-order chi connectivity index (χ0) is 19.2. The van der Waals surface area contributed by atoms with Crippen molar-refractivity contribution in [3.8, 4) is 0 Å². The molecule has 150 valence electrons. The molecule has 1 aromatic carbocycles. The van der Waals surface area contributed by atoms with Crippen LogP contribution in [0.2, 0.25) is 0 Å². The number of anilines is 1. The van der Waals surface area contributed by atoms with Crippen molar-refractivity contribution in [1.82, 2.24) is 15.5 Å². The second-order valence-electron chi connectivity index (χ2n) is 8.06. The lowest BCUT2D eigenvalue weighted by atomic mass is 10.0. The standard InChI is InChI=1S/C22H30N4O2/c27-20(18-12-6-7-13-18)23-19(16-17-10-4-3-5-11-17)21-24-25-22(28-21)26-14-8-1-2-9-15-26/h3-5,10-11,18-19H,1-2,6-9,12-16H2,(H,23,27)/t19-/m1/s1. The fourth-order valence-electron chi connectivity index (χ4n) is 4.28. The van der Waals surface area contributed by atoms with Gasteiger partial charge >= 0.3 is 6.01 Å². The first kappa shape index (κ1) is 19.0. The maximum Gasteiger partial charge on any atom is 0.318 e. The van der Waals surface area contributed by atoms with E-state index in [2.05, 4.69) is 32.5 Å². The smallest absolute Gasteiger partial charge is 0.318 e. The summed E-state index contributed by atoms with van der Waals surface area (Å²) in [5, 5.41) is 11.8. The molecule has 1 aliphatic heterocycles. The van der Waals surface area contributed by atoms with Crippen molar-refractivity contribution >= 4 is 11.9 Å². The summed E-state index contributed by atoms with van der Waals surface area (Å²) in [5.74, 6) is 0.744. The van der Waals surface area contributed by atoms with Gasteiger partial charge in [0.15, 0.2) is 0 Å². The summed E-state index contributed by atoms with van der Waals surface area (Å²) in [5.41, 5.74) is 1.15. The fourth-order valence-corrected chi connectivity index (χ4v) is 4.28. The highest BCUT2D eigenvalue weighted by Crippen LogP contribution is 2.27. The first-order chi connectivity index (χ1) is 13.8. The second kappa shape index (κ2) is 9.22. The molecule has 1 aromatic heterocycles. The van der Waals surface area contributed by atoms with Crippen LogP contribution in [-0.4, -0.2) is 29.2 Å². The van der Waals surface area contributed by atoms with E-state index in [1.807, 2.05) is 18.2 Å². The number of hydrogen-bond donors (Lipinski definition) is 1. The molecule has 1 saturated carbocycles. The highest BCUT2D eigenvalue weighted by molar-refractivity contribution is 5.79. The van der Waals surface area contributed by atoms with Gasteiger partial charge in [0.1, 0.15) is 6.04 Å². The molecule has 1 N–H and O–H groups in total. The molecule has 2 heterocycles. The highest BCUT2D eigenvalue weighted by Gasteiger charge is 2.28. The molecule has 4 rings (SSSR count). The third-order valence-electron chi connectivity index (χ3n) is 5.93. The van der Waals surface area contributed by atoms with E-state index >= 15 is 0 Å². The van der Waals surface area contributed by atoms with E-state index < -0.39 is 0 Å². The first-order valence-corrected chi connectivity index (χ1v) is 10.7. The van der Waals surface area contributed by atoms with Crippen LogP contribution < -0.4 is 10.2 Å². The van der Waals surface area contributed by atoms with Crippen LogP contribution >= 0.6 is 0 Å². The molecule has 2 aliphatic rings. The monoisotopic (exact) mass is 382 g/mol. The Kier molecular flexibility index (Phi) is 6.24. The molecular formula is C22H30N4O2. The molecule has 0 spiro atoms. The molecule has 1 amide bonds. The zero-order valence-corrected chi connectivity index (χ0v) is 16.5. The van der Waals surface area contributed by atoms with Gasteiger partial charge in [-0.1, -0.05) is 61.1 Å². The molecule has 0 unspecified atom stereocenters.